The Labute approximate surface area is 237 Å². The summed E-state index contributed by atoms with van der Waals surface area (Å²) in [5.41, 5.74) is -11.5. The number of benzene rings is 3. The van der Waals surface area contributed by atoms with Gasteiger partial charge in [-0.15, -0.1) is 0 Å². The first-order valence-electron chi connectivity index (χ1n) is 11.9. The second-order valence-corrected chi connectivity index (χ2v) is 9.33. The first-order chi connectivity index (χ1) is 19.7. The fourth-order valence-electron chi connectivity index (χ4n) is 4.32. The molecule has 3 aromatic rings. The summed E-state index contributed by atoms with van der Waals surface area (Å²) in [6.45, 7) is 1.79. The van der Waals surface area contributed by atoms with Crippen LogP contribution in [0.25, 0.3) is 0 Å². The number of nitro groups is 1. The van der Waals surface area contributed by atoms with Crippen molar-refractivity contribution in [2.75, 3.05) is 17.3 Å². The smallest absolute Gasteiger partial charge is 0.321 e. The molecule has 3 aromatic carbocycles. The number of anilines is 2. The molecule has 0 aromatic heterocycles. The number of carbonyl (C=O) groups is 2. The zero-order chi connectivity index (χ0) is 32.7. The molecule has 3 rings (SSSR count). The van der Waals surface area contributed by atoms with E-state index < -0.39 is 74.3 Å². The summed E-state index contributed by atoms with van der Waals surface area (Å²) in [4.78, 5) is 37.9. The summed E-state index contributed by atoms with van der Waals surface area (Å²) < 4.78 is 122. The number of hydrogen-bond acceptors (Lipinski definition) is 4. The molecule has 0 heterocycles. The minimum absolute atomic E-state index is 0.0624. The number of nitro benzene ring substituents is 1. The molecule has 0 saturated heterocycles. The number of para-hydroxylation sites is 1. The van der Waals surface area contributed by atoms with Crippen LogP contribution in [0, 0.1) is 24.0 Å². The van der Waals surface area contributed by atoms with Crippen LogP contribution in [0.15, 0.2) is 60.7 Å². The third kappa shape index (κ3) is 5.72. The zero-order valence-electron chi connectivity index (χ0n) is 22.2. The molecule has 1 atom stereocenters. The maximum atomic E-state index is 15.0. The lowest BCUT2D eigenvalue weighted by Crippen LogP contribution is -2.59. The molecule has 0 bridgehead atoms. The van der Waals surface area contributed by atoms with Crippen molar-refractivity contribution in [2.45, 2.75) is 37.8 Å². The second kappa shape index (κ2) is 11.2. The van der Waals surface area contributed by atoms with Gasteiger partial charge in [0.2, 0.25) is 0 Å². The van der Waals surface area contributed by atoms with Crippen LogP contribution in [-0.4, -0.2) is 42.1 Å². The highest BCUT2D eigenvalue weighted by Crippen LogP contribution is 2.58. The average molecular weight is 621 g/mol. The monoisotopic (exact) mass is 621 g/mol. The SMILES string of the molecule is Cc1cc(C(F)(C(F)(F)F)C(F)(F)C(F)(F)F)cc(C)c1NC(=O)c1cccc(N(C)C(=O)c2ccccc2)c1[N+](=O)[O-]. The Morgan fingerprint density at radius 2 is 1.35 bits per heavy atom. The minimum Gasteiger partial charge on any atom is -0.321 e. The molecule has 1 unspecified atom stereocenters. The van der Waals surface area contributed by atoms with E-state index in [1.807, 2.05) is 0 Å². The number of aryl methyl sites for hydroxylation is 2. The zero-order valence-corrected chi connectivity index (χ0v) is 22.2. The first-order valence-corrected chi connectivity index (χ1v) is 11.9. The van der Waals surface area contributed by atoms with Gasteiger partial charge in [0.25, 0.3) is 11.8 Å². The molecule has 0 aliphatic rings. The molecule has 0 saturated carbocycles. The van der Waals surface area contributed by atoms with Crippen molar-refractivity contribution < 1.29 is 54.0 Å². The highest BCUT2D eigenvalue weighted by Gasteiger charge is 2.81. The topological polar surface area (TPSA) is 92.6 Å². The number of carbonyl (C=O) groups excluding carboxylic acids is 2. The van der Waals surface area contributed by atoms with Gasteiger partial charge < -0.3 is 10.2 Å². The highest BCUT2D eigenvalue weighted by atomic mass is 19.4. The average Bonchev–Trinajstić information content (AvgIpc) is 2.92. The third-order valence-corrected chi connectivity index (χ3v) is 6.48. The number of halogens is 9. The Morgan fingerprint density at radius 3 is 1.81 bits per heavy atom. The molecule has 16 heteroatoms. The van der Waals surface area contributed by atoms with Crippen LogP contribution < -0.4 is 10.2 Å². The van der Waals surface area contributed by atoms with Crippen LogP contribution >= 0.6 is 0 Å². The fourth-order valence-corrected chi connectivity index (χ4v) is 4.32. The van der Waals surface area contributed by atoms with E-state index in [4.69, 9.17) is 0 Å². The Hall–Kier alpha value is -4.63. The Bertz CT molecular complexity index is 1550. The van der Waals surface area contributed by atoms with Crippen molar-refractivity contribution in [3.63, 3.8) is 0 Å². The van der Waals surface area contributed by atoms with E-state index in [1.165, 1.54) is 31.3 Å². The van der Waals surface area contributed by atoms with Gasteiger partial charge in [-0.05, 0) is 49.2 Å². The Morgan fingerprint density at radius 1 is 0.814 bits per heavy atom. The first kappa shape index (κ1) is 32.9. The van der Waals surface area contributed by atoms with E-state index in [0.717, 1.165) is 24.8 Å². The minimum atomic E-state index is -6.93. The summed E-state index contributed by atoms with van der Waals surface area (Å²) in [7, 11) is 1.20. The number of nitrogens with zero attached hydrogens (tertiary/aromatic N) is 2. The highest BCUT2D eigenvalue weighted by molar-refractivity contribution is 6.12. The summed E-state index contributed by atoms with van der Waals surface area (Å²) >= 11 is 0. The van der Waals surface area contributed by atoms with E-state index in [1.54, 1.807) is 18.2 Å². The van der Waals surface area contributed by atoms with Crippen LogP contribution in [0.1, 0.15) is 37.4 Å². The van der Waals surface area contributed by atoms with Crippen molar-refractivity contribution in [1.82, 2.24) is 0 Å². The van der Waals surface area contributed by atoms with Crippen LogP contribution in [-0.2, 0) is 5.67 Å². The quantitative estimate of drug-likeness (QED) is 0.167. The molecule has 230 valence electrons. The van der Waals surface area contributed by atoms with Crippen LogP contribution in [0.3, 0.4) is 0 Å². The van der Waals surface area contributed by atoms with Gasteiger partial charge in [-0.3, -0.25) is 19.7 Å². The van der Waals surface area contributed by atoms with Gasteiger partial charge in [0.15, 0.2) is 0 Å². The molecule has 0 aliphatic carbocycles. The number of alkyl halides is 9. The molecule has 1 N–H and O–H groups in total. The van der Waals surface area contributed by atoms with Crippen LogP contribution in [0.4, 0.5) is 56.6 Å². The van der Waals surface area contributed by atoms with Gasteiger partial charge in [-0.25, -0.2) is 4.39 Å². The summed E-state index contributed by atoms with van der Waals surface area (Å²) in [5, 5.41) is 14.1. The van der Waals surface area contributed by atoms with Gasteiger partial charge in [-0.1, -0.05) is 36.4 Å². The van der Waals surface area contributed by atoms with E-state index in [0.29, 0.717) is 0 Å². The Balaban J connectivity index is 2.08. The molecule has 7 nitrogen and oxygen atoms in total. The molecule has 2 amide bonds. The standard InChI is InChI=1S/C27H20F9N3O4/c1-14-12-17(24(28,26(31,32)33)25(29,30)27(34,35)36)13-15(2)20(14)37-22(40)18-10-7-11-19(21(18)39(42)43)38(3)23(41)16-8-5-4-6-9-16/h4-13H,1-3H3,(H,37,40). The van der Waals surface area contributed by atoms with Crippen molar-refractivity contribution >= 4 is 28.9 Å². The summed E-state index contributed by atoms with van der Waals surface area (Å²) in [5.74, 6) is -8.83. The van der Waals surface area contributed by atoms with E-state index in [2.05, 4.69) is 5.32 Å². The number of hydrogen-bond donors (Lipinski definition) is 1. The van der Waals surface area contributed by atoms with E-state index in [9.17, 15) is 59.2 Å². The molecule has 0 fully saturated rings. The van der Waals surface area contributed by atoms with Crippen molar-refractivity contribution in [1.29, 1.82) is 0 Å². The number of rotatable bonds is 7. The van der Waals surface area contributed by atoms with E-state index in [-0.39, 0.29) is 23.4 Å². The molecule has 0 spiro atoms. The normalized spacial score (nSPS) is 13.7. The molecular formula is C27H20F9N3O4. The lowest BCUT2D eigenvalue weighted by molar-refractivity contribution is -0.389. The lowest BCUT2D eigenvalue weighted by Gasteiger charge is -2.36. The molecular weight excluding hydrogens is 601 g/mol. The summed E-state index contributed by atoms with van der Waals surface area (Å²) in [6, 6.07) is 11.0. The number of amides is 2. The van der Waals surface area contributed by atoms with Crippen molar-refractivity contribution in [2.24, 2.45) is 0 Å². The second-order valence-electron chi connectivity index (χ2n) is 9.33. The third-order valence-electron chi connectivity index (χ3n) is 6.48. The van der Waals surface area contributed by atoms with Crippen LogP contribution in [0.5, 0.6) is 0 Å². The van der Waals surface area contributed by atoms with Crippen molar-refractivity contribution in [3.05, 3.63) is 98.6 Å². The molecule has 0 radical (unpaired) electrons. The van der Waals surface area contributed by atoms with Crippen LogP contribution in [0.2, 0.25) is 0 Å². The van der Waals surface area contributed by atoms with E-state index >= 15 is 0 Å². The van der Waals surface area contributed by atoms with Gasteiger partial charge in [0, 0.05) is 23.9 Å². The van der Waals surface area contributed by atoms with Gasteiger partial charge in [0.05, 0.1) is 4.92 Å². The maximum absolute atomic E-state index is 15.0. The van der Waals surface area contributed by atoms with Gasteiger partial charge >= 0.3 is 29.6 Å². The molecule has 0 aliphatic heterocycles. The predicted molar refractivity (Wildman–Crippen MR) is 136 cm³/mol. The maximum Gasteiger partial charge on any atom is 0.457 e. The Kier molecular flexibility index (Phi) is 8.58. The van der Waals surface area contributed by atoms with Crippen molar-refractivity contribution in [3.8, 4) is 0 Å². The van der Waals surface area contributed by atoms with Gasteiger partial charge in [-0.2, -0.15) is 35.1 Å². The van der Waals surface area contributed by atoms with Gasteiger partial charge in [0.1, 0.15) is 11.3 Å². The molecule has 43 heavy (non-hydrogen) atoms. The largest absolute Gasteiger partial charge is 0.457 e. The fraction of sp³-hybridized carbons (Fsp3) is 0.259. The number of nitrogens with one attached hydrogen (secondary N) is 1. The lowest BCUT2D eigenvalue weighted by atomic mass is 9.85. The summed E-state index contributed by atoms with van der Waals surface area (Å²) in [6.07, 6.45) is -13.6. The predicted octanol–water partition coefficient (Wildman–Crippen LogP) is 7.67.